The Labute approximate surface area is 167 Å². The first-order valence-electron chi connectivity index (χ1n) is 9.53. The van der Waals surface area contributed by atoms with E-state index in [9.17, 15) is 9.18 Å². The Morgan fingerprint density at radius 3 is 2.54 bits per heavy atom. The van der Waals surface area contributed by atoms with Crippen molar-refractivity contribution in [3.8, 4) is 11.1 Å². The van der Waals surface area contributed by atoms with E-state index in [2.05, 4.69) is 30.4 Å². The van der Waals surface area contributed by atoms with Gasteiger partial charge in [-0.25, -0.2) is 4.39 Å². The van der Waals surface area contributed by atoms with Crippen LogP contribution in [-0.2, 0) is 12.8 Å². The zero-order chi connectivity index (χ0) is 19.3. The van der Waals surface area contributed by atoms with Gasteiger partial charge in [-0.2, -0.15) is 0 Å². The van der Waals surface area contributed by atoms with Gasteiger partial charge in [-0.1, -0.05) is 42.0 Å². The van der Waals surface area contributed by atoms with E-state index in [1.165, 1.54) is 39.6 Å². The fourth-order valence-corrected chi connectivity index (χ4v) is 4.54. The molecule has 0 fully saturated rings. The molecule has 0 heterocycles. The fraction of sp³-hybridized carbons (Fsp3) is 0.160. The highest BCUT2D eigenvalue weighted by molar-refractivity contribution is 6.30. The van der Waals surface area contributed by atoms with Crippen LogP contribution in [0.4, 0.5) is 4.39 Å². The molecule has 3 aromatic rings. The number of hydrogen-bond donors (Lipinski definition) is 0. The highest BCUT2D eigenvalue weighted by Gasteiger charge is 2.23. The lowest BCUT2D eigenvalue weighted by Gasteiger charge is -2.21. The summed E-state index contributed by atoms with van der Waals surface area (Å²) in [5.74, 6) is -0.448. The molecule has 0 N–H and O–H groups in total. The third-order valence-corrected chi connectivity index (χ3v) is 6.06. The second-order valence-corrected chi connectivity index (χ2v) is 7.93. The highest BCUT2D eigenvalue weighted by atomic mass is 35.5. The molecule has 1 atom stereocenters. The van der Waals surface area contributed by atoms with Crippen LogP contribution in [0.2, 0.25) is 5.02 Å². The zero-order valence-electron chi connectivity index (χ0n) is 15.2. The summed E-state index contributed by atoms with van der Waals surface area (Å²) in [5.41, 5.74) is 5.47. The van der Waals surface area contributed by atoms with Crippen molar-refractivity contribution in [3.63, 3.8) is 0 Å². The summed E-state index contributed by atoms with van der Waals surface area (Å²) in [6, 6.07) is 16.2. The quantitative estimate of drug-likeness (QED) is 0.581. The molecule has 0 saturated heterocycles. The van der Waals surface area contributed by atoms with Crippen LogP contribution in [0.1, 0.15) is 27.9 Å². The Balaban J connectivity index is 1.63. The lowest BCUT2D eigenvalue weighted by Crippen LogP contribution is -2.37. The molecule has 1 unspecified atom stereocenters. The number of rotatable bonds is 2. The number of carbonyl (C=O) groups excluding carboxylic acids is 1. The number of benzene rings is 3. The van der Waals surface area contributed by atoms with Crippen LogP contribution in [-0.4, -0.2) is 5.78 Å². The first kappa shape index (κ1) is 17.4. The summed E-state index contributed by atoms with van der Waals surface area (Å²) in [6.07, 6.45) is 6.87. The number of ketones is 1. The summed E-state index contributed by atoms with van der Waals surface area (Å²) in [4.78, 5) is 13.0. The zero-order valence-corrected chi connectivity index (χ0v) is 16.0. The van der Waals surface area contributed by atoms with Crippen LogP contribution in [0, 0.1) is 11.7 Å². The van der Waals surface area contributed by atoms with Gasteiger partial charge in [0, 0.05) is 16.5 Å². The monoisotopic (exact) mass is 388 g/mol. The third-order valence-electron chi connectivity index (χ3n) is 5.82. The normalized spacial score (nSPS) is 16.9. The molecular formula is C25H18ClFO. The van der Waals surface area contributed by atoms with E-state index in [0.717, 1.165) is 29.5 Å². The van der Waals surface area contributed by atoms with Crippen molar-refractivity contribution in [2.75, 3.05) is 0 Å². The average molecular weight is 389 g/mol. The molecule has 0 bridgehead atoms. The van der Waals surface area contributed by atoms with Crippen LogP contribution in [0.15, 0.2) is 54.6 Å². The van der Waals surface area contributed by atoms with Gasteiger partial charge in [-0.15, -0.1) is 0 Å². The van der Waals surface area contributed by atoms with E-state index in [0.29, 0.717) is 5.56 Å². The number of hydrogen-bond acceptors (Lipinski definition) is 1. The van der Waals surface area contributed by atoms with Gasteiger partial charge < -0.3 is 0 Å². The van der Waals surface area contributed by atoms with Crippen LogP contribution in [0.25, 0.3) is 23.3 Å². The summed E-state index contributed by atoms with van der Waals surface area (Å²) in [6.45, 7) is 0. The standard InChI is InChI=1S/C25H18ClFO/c26-19-8-3-16-7-11-21-22(24(16)14-19)12-6-15-1-2-18(13-23(15)21)25(28)17-4-9-20(27)10-5-17/h3-6,8-14,18H,1-2,7H2. The van der Waals surface area contributed by atoms with E-state index in [4.69, 9.17) is 11.6 Å². The van der Waals surface area contributed by atoms with Gasteiger partial charge in [-0.05, 0) is 88.4 Å². The molecule has 28 heavy (non-hydrogen) atoms. The molecule has 138 valence electrons. The summed E-state index contributed by atoms with van der Waals surface area (Å²) >= 11 is 6.24. The van der Waals surface area contributed by atoms with Gasteiger partial charge in [0.2, 0.25) is 0 Å². The molecule has 0 amide bonds. The number of aryl methyl sites for hydroxylation is 1. The van der Waals surface area contributed by atoms with Crippen LogP contribution in [0.5, 0.6) is 0 Å². The summed E-state index contributed by atoms with van der Waals surface area (Å²) in [5, 5.41) is 3.09. The molecule has 0 saturated carbocycles. The predicted octanol–water partition coefficient (Wildman–Crippen LogP) is 4.71. The van der Waals surface area contributed by atoms with Crippen LogP contribution < -0.4 is 10.4 Å². The maximum absolute atomic E-state index is 13.2. The summed E-state index contributed by atoms with van der Waals surface area (Å²) < 4.78 is 13.2. The predicted molar refractivity (Wildman–Crippen MR) is 111 cm³/mol. The van der Waals surface area contributed by atoms with E-state index in [1.807, 2.05) is 12.1 Å². The number of carbonyl (C=O) groups is 1. The number of halogens is 2. The Kier molecular flexibility index (Phi) is 4.17. The molecule has 0 radical (unpaired) electrons. The van der Waals surface area contributed by atoms with Crippen molar-refractivity contribution in [2.24, 2.45) is 5.92 Å². The lowest BCUT2D eigenvalue weighted by atomic mass is 9.82. The van der Waals surface area contributed by atoms with Crippen molar-refractivity contribution in [3.05, 3.63) is 92.6 Å². The van der Waals surface area contributed by atoms with Crippen molar-refractivity contribution in [2.45, 2.75) is 19.3 Å². The molecule has 3 heteroatoms. The van der Waals surface area contributed by atoms with Crippen molar-refractivity contribution >= 4 is 29.5 Å². The van der Waals surface area contributed by atoms with E-state index >= 15 is 0 Å². The first-order valence-corrected chi connectivity index (χ1v) is 9.90. The van der Waals surface area contributed by atoms with Gasteiger partial charge in [0.05, 0.1) is 0 Å². The maximum Gasteiger partial charge on any atom is 0.169 e. The van der Waals surface area contributed by atoms with Gasteiger partial charge >= 0.3 is 0 Å². The fourth-order valence-electron chi connectivity index (χ4n) is 4.37. The molecule has 0 aromatic heterocycles. The number of fused-ring (bicyclic) bond motifs is 5. The van der Waals surface area contributed by atoms with Gasteiger partial charge in [0.25, 0.3) is 0 Å². The molecule has 2 aliphatic rings. The molecular weight excluding hydrogens is 371 g/mol. The Hall–Kier alpha value is -2.71. The first-order chi connectivity index (χ1) is 13.6. The SMILES string of the molecule is O=C(c1ccc(F)cc1)C1C=c2c(ccc3c2=CCc2ccc(Cl)cc2-3)CC1. The van der Waals surface area contributed by atoms with Crippen LogP contribution in [0.3, 0.4) is 0 Å². The molecule has 0 spiro atoms. The smallest absolute Gasteiger partial charge is 0.169 e. The Morgan fingerprint density at radius 1 is 0.929 bits per heavy atom. The molecule has 3 aromatic carbocycles. The van der Waals surface area contributed by atoms with Crippen molar-refractivity contribution in [1.29, 1.82) is 0 Å². The highest BCUT2D eigenvalue weighted by Crippen LogP contribution is 2.28. The number of Topliss-reactive ketones (excluding diaryl/α,β-unsaturated/α-hetero) is 1. The van der Waals surface area contributed by atoms with Crippen molar-refractivity contribution in [1.82, 2.24) is 0 Å². The van der Waals surface area contributed by atoms with Gasteiger partial charge in [-0.3, -0.25) is 4.79 Å². The average Bonchev–Trinajstić information content (AvgIpc) is 2.73. The Bertz CT molecular complexity index is 1220. The lowest BCUT2D eigenvalue weighted by molar-refractivity contribution is 0.0946. The molecule has 0 aliphatic heterocycles. The molecule has 5 rings (SSSR count). The maximum atomic E-state index is 13.2. The van der Waals surface area contributed by atoms with Gasteiger partial charge in [0.1, 0.15) is 5.82 Å². The van der Waals surface area contributed by atoms with E-state index in [-0.39, 0.29) is 17.5 Å². The van der Waals surface area contributed by atoms with Crippen LogP contribution >= 0.6 is 11.6 Å². The third kappa shape index (κ3) is 2.89. The minimum atomic E-state index is -0.324. The summed E-state index contributed by atoms with van der Waals surface area (Å²) in [7, 11) is 0. The Morgan fingerprint density at radius 2 is 1.71 bits per heavy atom. The second-order valence-electron chi connectivity index (χ2n) is 7.49. The largest absolute Gasteiger partial charge is 0.294 e. The van der Waals surface area contributed by atoms with Gasteiger partial charge in [0.15, 0.2) is 5.78 Å². The molecule has 2 aliphatic carbocycles. The van der Waals surface area contributed by atoms with E-state index < -0.39 is 0 Å². The minimum Gasteiger partial charge on any atom is -0.294 e. The van der Waals surface area contributed by atoms with E-state index in [1.54, 1.807) is 12.1 Å². The minimum absolute atomic E-state index is 0.0579. The molecule has 1 nitrogen and oxygen atoms in total. The topological polar surface area (TPSA) is 17.1 Å². The van der Waals surface area contributed by atoms with Crippen molar-refractivity contribution < 1.29 is 9.18 Å². The second kappa shape index (κ2) is 6.72.